The third-order valence-electron chi connectivity index (χ3n) is 5.71. The summed E-state index contributed by atoms with van der Waals surface area (Å²) in [6.07, 6.45) is 5.08. The first-order valence-electron chi connectivity index (χ1n) is 10.5. The predicted octanol–water partition coefficient (Wildman–Crippen LogP) is 2.38. The lowest BCUT2D eigenvalue weighted by Crippen LogP contribution is -2.48. The maximum atomic E-state index is 12.7. The first kappa shape index (κ1) is 20.2. The molecule has 4 rings (SSSR count). The second-order valence-corrected chi connectivity index (χ2v) is 7.84. The normalized spacial score (nSPS) is 17.2. The van der Waals surface area contributed by atoms with E-state index in [4.69, 9.17) is 0 Å². The Morgan fingerprint density at radius 3 is 2.97 bits per heavy atom. The summed E-state index contributed by atoms with van der Waals surface area (Å²) in [5.41, 5.74) is 2.29. The molecule has 0 radical (unpaired) electrons. The van der Waals surface area contributed by atoms with Crippen molar-refractivity contribution in [2.45, 2.75) is 38.8 Å². The lowest BCUT2D eigenvalue weighted by atomic mass is 10.0. The van der Waals surface area contributed by atoms with Crippen molar-refractivity contribution in [3.05, 3.63) is 70.3 Å². The minimum atomic E-state index is -0.0757. The molecule has 1 saturated heterocycles. The number of amides is 1. The number of aromatic nitrogens is 3. The zero-order valence-corrected chi connectivity index (χ0v) is 17.3. The van der Waals surface area contributed by atoms with Gasteiger partial charge in [0.25, 0.3) is 11.5 Å². The molecule has 3 heterocycles. The van der Waals surface area contributed by atoms with Crippen LogP contribution in [0.2, 0.25) is 0 Å². The van der Waals surface area contributed by atoms with Crippen molar-refractivity contribution in [2.24, 2.45) is 0 Å². The number of nitrogens with one attached hydrogen (secondary N) is 1. The van der Waals surface area contributed by atoms with Crippen molar-refractivity contribution in [2.75, 3.05) is 19.6 Å². The number of carbonyl (C=O) groups is 1. The molecule has 1 unspecified atom stereocenters. The SMILES string of the molecule is Cc1ccc(=O)n(CCN2CCCCC2CNC(=O)c2ccc3ncccc3c2)n1. The Balaban J connectivity index is 1.37. The molecule has 1 atom stereocenters. The lowest BCUT2D eigenvalue weighted by molar-refractivity contribution is 0.0909. The van der Waals surface area contributed by atoms with Gasteiger partial charge in [-0.15, -0.1) is 0 Å². The zero-order chi connectivity index (χ0) is 20.9. The summed E-state index contributed by atoms with van der Waals surface area (Å²) in [6.45, 7) is 4.77. The minimum absolute atomic E-state index is 0.0668. The van der Waals surface area contributed by atoms with Gasteiger partial charge < -0.3 is 5.32 Å². The van der Waals surface area contributed by atoms with Crippen LogP contribution in [-0.2, 0) is 6.54 Å². The Morgan fingerprint density at radius 2 is 2.07 bits per heavy atom. The van der Waals surface area contributed by atoms with Crippen LogP contribution in [0, 0.1) is 6.92 Å². The van der Waals surface area contributed by atoms with Gasteiger partial charge in [0.05, 0.1) is 17.8 Å². The van der Waals surface area contributed by atoms with Crippen LogP contribution < -0.4 is 10.9 Å². The van der Waals surface area contributed by atoms with Crippen LogP contribution in [0.15, 0.2) is 53.5 Å². The summed E-state index contributed by atoms with van der Waals surface area (Å²) in [5.74, 6) is -0.0668. The summed E-state index contributed by atoms with van der Waals surface area (Å²) in [7, 11) is 0. The van der Waals surface area contributed by atoms with Gasteiger partial charge in [-0.1, -0.05) is 12.5 Å². The maximum Gasteiger partial charge on any atom is 0.266 e. The summed E-state index contributed by atoms with van der Waals surface area (Å²) in [4.78, 5) is 31.4. The van der Waals surface area contributed by atoms with Crippen LogP contribution in [0.4, 0.5) is 0 Å². The van der Waals surface area contributed by atoms with Crippen molar-refractivity contribution < 1.29 is 4.79 Å². The largest absolute Gasteiger partial charge is 0.350 e. The fourth-order valence-electron chi connectivity index (χ4n) is 4.05. The van der Waals surface area contributed by atoms with E-state index >= 15 is 0 Å². The highest BCUT2D eigenvalue weighted by Crippen LogP contribution is 2.17. The molecule has 0 saturated carbocycles. The number of piperidine rings is 1. The summed E-state index contributed by atoms with van der Waals surface area (Å²) in [6, 6.07) is 13.0. The monoisotopic (exact) mass is 405 g/mol. The third kappa shape index (κ3) is 4.74. The molecule has 1 aromatic carbocycles. The van der Waals surface area contributed by atoms with Crippen molar-refractivity contribution in [3.63, 3.8) is 0 Å². The van der Waals surface area contributed by atoms with E-state index in [0.717, 1.165) is 48.9 Å². The first-order valence-corrected chi connectivity index (χ1v) is 10.5. The molecule has 0 bridgehead atoms. The van der Waals surface area contributed by atoms with Crippen LogP contribution in [0.25, 0.3) is 10.9 Å². The van der Waals surface area contributed by atoms with Crippen molar-refractivity contribution in [1.29, 1.82) is 0 Å². The van der Waals surface area contributed by atoms with Gasteiger partial charge in [0.2, 0.25) is 0 Å². The van der Waals surface area contributed by atoms with E-state index in [9.17, 15) is 9.59 Å². The maximum absolute atomic E-state index is 12.7. The molecular weight excluding hydrogens is 378 g/mol. The van der Waals surface area contributed by atoms with Crippen LogP contribution in [0.1, 0.15) is 35.3 Å². The average molecular weight is 406 g/mol. The molecule has 0 spiro atoms. The first-order chi connectivity index (χ1) is 14.6. The van der Waals surface area contributed by atoms with E-state index in [1.807, 2.05) is 37.3 Å². The molecule has 1 N–H and O–H groups in total. The van der Waals surface area contributed by atoms with E-state index < -0.39 is 0 Å². The highest BCUT2D eigenvalue weighted by atomic mass is 16.1. The van der Waals surface area contributed by atoms with Gasteiger partial charge in [0, 0.05) is 42.3 Å². The highest BCUT2D eigenvalue weighted by molar-refractivity contribution is 5.97. The van der Waals surface area contributed by atoms with Crippen LogP contribution >= 0.6 is 0 Å². The second kappa shape index (κ2) is 9.17. The van der Waals surface area contributed by atoms with E-state index in [0.29, 0.717) is 18.7 Å². The van der Waals surface area contributed by atoms with Gasteiger partial charge >= 0.3 is 0 Å². The number of nitrogens with zero attached hydrogens (tertiary/aromatic N) is 4. The second-order valence-electron chi connectivity index (χ2n) is 7.84. The number of aryl methyl sites for hydroxylation is 1. The van der Waals surface area contributed by atoms with E-state index in [1.165, 1.54) is 4.68 Å². The van der Waals surface area contributed by atoms with Crippen molar-refractivity contribution >= 4 is 16.8 Å². The summed E-state index contributed by atoms with van der Waals surface area (Å²) < 4.78 is 1.53. The van der Waals surface area contributed by atoms with Crippen LogP contribution in [-0.4, -0.2) is 51.2 Å². The number of hydrogen-bond donors (Lipinski definition) is 1. The van der Waals surface area contributed by atoms with Gasteiger partial charge in [0.1, 0.15) is 0 Å². The van der Waals surface area contributed by atoms with Crippen LogP contribution in [0.5, 0.6) is 0 Å². The van der Waals surface area contributed by atoms with Gasteiger partial charge in [-0.2, -0.15) is 5.10 Å². The molecule has 2 aromatic heterocycles. The van der Waals surface area contributed by atoms with E-state index in [1.54, 1.807) is 18.3 Å². The number of hydrogen-bond acceptors (Lipinski definition) is 5. The number of fused-ring (bicyclic) bond motifs is 1. The standard InChI is InChI=1S/C23H27N5O2/c1-17-7-10-22(29)28(26-17)14-13-27-12-3-2-6-20(27)16-25-23(30)19-8-9-21-18(15-19)5-4-11-24-21/h4-5,7-11,15,20H,2-3,6,12-14,16H2,1H3,(H,25,30). The smallest absolute Gasteiger partial charge is 0.266 e. The highest BCUT2D eigenvalue weighted by Gasteiger charge is 2.23. The quantitative estimate of drug-likeness (QED) is 0.681. The zero-order valence-electron chi connectivity index (χ0n) is 17.3. The molecule has 7 heteroatoms. The fourth-order valence-corrected chi connectivity index (χ4v) is 4.05. The minimum Gasteiger partial charge on any atom is -0.350 e. The van der Waals surface area contributed by atoms with Gasteiger partial charge in [-0.05, 0) is 56.6 Å². The molecule has 30 heavy (non-hydrogen) atoms. The molecule has 1 aliphatic heterocycles. The molecule has 1 fully saturated rings. The Morgan fingerprint density at radius 1 is 1.17 bits per heavy atom. The van der Waals surface area contributed by atoms with E-state index in [-0.39, 0.29) is 17.5 Å². The van der Waals surface area contributed by atoms with Crippen molar-refractivity contribution in [1.82, 2.24) is 25.0 Å². The van der Waals surface area contributed by atoms with Gasteiger partial charge in [-0.3, -0.25) is 19.5 Å². The molecule has 1 amide bonds. The van der Waals surface area contributed by atoms with Gasteiger partial charge in [0.15, 0.2) is 0 Å². The molecule has 0 aliphatic carbocycles. The number of rotatable bonds is 6. The fraction of sp³-hybridized carbons (Fsp3) is 0.391. The predicted molar refractivity (Wildman–Crippen MR) is 117 cm³/mol. The van der Waals surface area contributed by atoms with Crippen molar-refractivity contribution in [3.8, 4) is 0 Å². The van der Waals surface area contributed by atoms with Gasteiger partial charge in [-0.25, -0.2) is 4.68 Å². The third-order valence-corrected chi connectivity index (χ3v) is 5.71. The molecular formula is C23H27N5O2. The lowest BCUT2D eigenvalue weighted by Gasteiger charge is -2.35. The average Bonchev–Trinajstić information content (AvgIpc) is 2.78. The number of pyridine rings is 1. The molecule has 1 aliphatic rings. The Labute approximate surface area is 175 Å². The number of carbonyl (C=O) groups excluding carboxylic acids is 1. The Bertz CT molecular complexity index is 1090. The number of benzene rings is 1. The Hall–Kier alpha value is -3.06. The molecule has 156 valence electrons. The Kier molecular flexibility index (Phi) is 6.18. The summed E-state index contributed by atoms with van der Waals surface area (Å²) >= 11 is 0. The topological polar surface area (TPSA) is 80.1 Å². The number of likely N-dealkylation sites (tertiary alicyclic amines) is 1. The molecule has 7 nitrogen and oxygen atoms in total. The van der Waals surface area contributed by atoms with Crippen LogP contribution in [0.3, 0.4) is 0 Å². The summed E-state index contributed by atoms with van der Waals surface area (Å²) in [5, 5.41) is 8.38. The van der Waals surface area contributed by atoms with E-state index in [2.05, 4.69) is 20.3 Å². The molecule has 3 aromatic rings.